The molecule has 1 saturated heterocycles. The summed E-state index contributed by atoms with van der Waals surface area (Å²) in [5.41, 5.74) is 1.87. The number of carbonyl (C=O) groups is 2. The summed E-state index contributed by atoms with van der Waals surface area (Å²) in [6.45, 7) is 3.92. The number of carbonyl (C=O) groups excluding carboxylic acids is 2. The Kier molecular flexibility index (Phi) is 7.52. The molecule has 0 bridgehead atoms. The zero-order chi connectivity index (χ0) is 19.2. The highest BCUT2D eigenvalue weighted by molar-refractivity contribution is 8.02. The highest BCUT2D eigenvalue weighted by atomic mass is 32.2. The van der Waals surface area contributed by atoms with E-state index >= 15 is 0 Å². The lowest BCUT2D eigenvalue weighted by molar-refractivity contribution is -0.144. The van der Waals surface area contributed by atoms with Gasteiger partial charge >= 0.3 is 5.97 Å². The molecule has 144 valence electrons. The molecular weight excluding hydrogens is 374 g/mol. The summed E-state index contributed by atoms with van der Waals surface area (Å²) in [6, 6.07) is 7.61. The molecule has 2 rings (SSSR count). The summed E-state index contributed by atoms with van der Waals surface area (Å²) >= 11 is 1.27. The van der Waals surface area contributed by atoms with Crippen LogP contribution in [0.15, 0.2) is 24.3 Å². The fraction of sp³-hybridized carbons (Fsp3) is 0.556. The first-order chi connectivity index (χ1) is 12.3. The van der Waals surface area contributed by atoms with Crippen molar-refractivity contribution < 1.29 is 22.7 Å². The van der Waals surface area contributed by atoms with E-state index in [4.69, 9.17) is 4.74 Å². The summed E-state index contributed by atoms with van der Waals surface area (Å²) < 4.78 is 27.7. The molecule has 0 aromatic heterocycles. The average Bonchev–Trinajstić information content (AvgIpc) is 2.97. The molecule has 0 unspecified atom stereocenters. The van der Waals surface area contributed by atoms with E-state index in [2.05, 4.69) is 19.2 Å². The van der Waals surface area contributed by atoms with Crippen molar-refractivity contribution in [2.75, 3.05) is 29.2 Å². The molecule has 1 heterocycles. The minimum atomic E-state index is -2.95. The van der Waals surface area contributed by atoms with E-state index in [1.54, 1.807) is 0 Å². The third kappa shape index (κ3) is 6.64. The number of rotatable bonds is 8. The Hall–Kier alpha value is -1.54. The van der Waals surface area contributed by atoms with Crippen LogP contribution in [0.1, 0.15) is 38.2 Å². The van der Waals surface area contributed by atoms with Gasteiger partial charge in [-0.15, -0.1) is 11.8 Å². The van der Waals surface area contributed by atoms with Crippen LogP contribution in [0.4, 0.5) is 5.69 Å². The number of esters is 1. The first-order valence-electron chi connectivity index (χ1n) is 8.66. The van der Waals surface area contributed by atoms with Crippen molar-refractivity contribution in [3.8, 4) is 0 Å². The van der Waals surface area contributed by atoms with Gasteiger partial charge in [0.2, 0.25) is 0 Å². The molecule has 1 aromatic rings. The van der Waals surface area contributed by atoms with E-state index in [-0.39, 0.29) is 29.1 Å². The van der Waals surface area contributed by atoms with Crippen LogP contribution in [-0.4, -0.2) is 49.4 Å². The second kappa shape index (κ2) is 9.41. The molecule has 0 spiro atoms. The number of amides is 1. The van der Waals surface area contributed by atoms with Gasteiger partial charge in [-0.05, 0) is 36.5 Å². The monoisotopic (exact) mass is 399 g/mol. The smallest absolute Gasteiger partial charge is 0.316 e. The van der Waals surface area contributed by atoms with Gasteiger partial charge in [-0.1, -0.05) is 26.0 Å². The highest BCUT2D eigenvalue weighted by Crippen LogP contribution is 2.24. The maximum absolute atomic E-state index is 11.9. The first kappa shape index (κ1) is 20.8. The van der Waals surface area contributed by atoms with Gasteiger partial charge in [-0.25, -0.2) is 8.42 Å². The molecule has 6 nitrogen and oxygen atoms in total. The van der Waals surface area contributed by atoms with Crippen molar-refractivity contribution in [2.45, 2.75) is 37.9 Å². The molecule has 26 heavy (non-hydrogen) atoms. The Morgan fingerprint density at radius 2 is 2.00 bits per heavy atom. The maximum atomic E-state index is 11.9. The third-order valence-electron chi connectivity index (χ3n) is 4.37. The van der Waals surface area contributed by atoms with E-state index in [1.807, 2.05) is 24.3 Å². The lowest BCUT2D eigenvalue weighted by Gasteiger charge is -2.11. The number of nitrogens with one attached hydrogen (secondary N) is 1. The van der Waals surface area contributed by atoms with Crippen LogP contribution in [-0.2, 0) is 24.2 Å². The van der Waals surface area contributed by atoms with Crippen molar-refractivity contribution in [1.82, 2.24) is 0 Å². The Labute approximate surface area is 159 Å². The van der Waals surface area contributed by atoms with Gasteiger partial charge in [-0.3, -0.25) is 9.59 Å². The molecule has 1 fully saturated rings. The zero-order valence-corrected chi connectivity index (χ0v) is 16.7. The second-order valence-electron chi connectivity index (χ2n) is 6.48. The second-order valence-corrected chi connectivity index (χ2v) is 9.99. The SMILES string of the molecule is CC[C@@H](C)c1ccc(NC(=O)COC(=O)CS[C@H]2CCS(=O)(=O)C2)cc1. The van der Waals surface area contributed by atoms with Crippen LogP contribution in [0.3, 0.4) is 0 Å². The van der Waals surface area contributed by atoms with E-state index in [0.29, 0.717) is 18.0 Å². The van der Waals surface area contributed by atoms with Crippen molar-refractivity contribution in [3.05, 3.63) is 29.8 Å². The standard InChI is InChI=1S/C18H25NO5S2/c1-3-13(2)14-4-6-15(7-5-14)19-17(20)10-24-18(21)11-25-16-8-9-26(22,23)12-16/h4-7,13,16H,3,8-12H2,1-2H3,(H,19,20)/t13-,16+/m1/s1. The van der Waals surface area contributed by atoms with E-state index in [0.717, 1.165) is 6.42 Å². The Bertz CT molecular complexity index is 730. The molecule has 0 radical (unpaired) electrons. The summed E-state index contributed by atoms with van der Waals surface area (Å²) in [4.78, 5) is 23.6. The van der Waals surface area contributed by atoms with Crippen LogP contribution >= 0.6 is 11.8 Å². The quantitative estimate of drug-likeness (QED) is 0.676. The number of hydrogen-bond donors (Lipinski definition) is 1. The minimum Gasteiger partial charge on any atom is -0.455 e. The minimum absolute atomic E-state index is 0.0526. The van der Waals surface area contributed by atoms with E-state index < -0.39 is 21.7 Å². The van der Waals surface area contributed by atoms with Crippen molar-refractivity contribution >= 4 is 39.2 Å². The Morgan fingerprint density at radius 3 is 2.58 bits per heavy atom. The summed E-state index contributed by atoms with van der Waals surface area (Å²) in [5, 5.41) is 2.62. The fourth-order valence-electron chi connectivity index (χ4n) is 2.59. The van der Waals surface area contributed by atoms with Crippen molar-refractivity contribution in [3.63, 3.8) is 0 Å². The van der Waals surface area contributed by atoms with Crippen LogP contribution in [0.5, 0.6) is 0 Å². The molecule has 1 N–H and O–H groups in total. The van der Waals surface area contributed by atoms with Gasteiger partial charge in [0.05, 0.1) is 17.3 Å². The predicted molar refractivity (Wildman–Crippen MR) is 104 cm³/mol. The number of thioether (sulfide) groups is 1. The van der Waals surface area contributed by atoms with Crippen LogP contribution in [0.2, 0.25) is 0 Å². The first-order valence-corrected chi connectivity index (χ1v) is 11.5. The van der Waals surface area contributed by atoms with Crippen LogP contribution in [0.25, 0.3) is 0 Å². The van der Waals surface area contributed by atoms with Gasteiger partial charge < -0.3 is 10.1 Å². The lowest BCUT2D eigenvalue weighted by Crippen LogP contribution is -2.22. The number of benzene rings is 1. The van der Waals surface area contributed by atoms with Gasteiger partial charge in [0, 0.05) is 10.9 Å². The molecule has 0 aliphatic carbocycles. The maximum Gasteiger partial charge on any atom is 0.316 e. The predicted octanol–water partition coefficient (Wildman–Crippen LogP) is 2.60. The third-order valence-corrected chi connectivity index (χ3v) is 7.62. The van der Waals surface area contributed by atoms with Gasteiger partial charge in [0.1, 0.15) is 0 Å². The average molecular weight is 400 g/mol. The lowest BCUT2D eigenvalue weighted by atomic mass is 9.99. The molecule has 1 aromatic carbocycles. The highest BCUT2D eigenvalue weighted by Gasteiger charge is 2.28. The van der Waals surface area contributed by atoms with Crippen LogP contribution in [0, 0.1) is 0 Å². The fourth-order valence-corrected chi connectivity index (χ4v) is 6.03. The van der Waals surface area contributed by atoms with Crippen LogP contribution < -0.4 is 5.32 Å². The molecule has 0 saturated carbocycles. The molecule has 1 aliphatic rings. The van der Waals surface area contributed by atoms with Gasteiger partial charge in [0.25, 0.3) is 5.91 Å². The molecule has 8 heteroatoms. The van der Waals surface area contributed by atoms with Crippen molar-refractivity contribution in [2.24, 2.45) is 0 Å². The molecule has 1 aliphatic heterocycles. The van der Waals surface area contributed by atoms with Crippen molar-refractivity contribution in [1.29, 1.82) is 0 Å². The molecule has 2 atom stereocenters. The summed E-state index contributed by atoms with van der Waals surface area (Å²) in [5.74, 6) is -0.106. The Morgan fingerprint density at radius 1 is 1.31 bits per heavy atom. The van der Waals surface area contributed by atoms with E-state index in [1.165, 1.54) is 17.3 Å². The van der Waals surface area contributed by atoms with E-state index in [9.17, 15) is 18.0 Å². The van der Waals surface area contributed by atoms with Gasteiger partial charge in [0.15, 0.2) is 16.4 Å². The Balaban J connectivity index is 1.68. The zero-order valence-electron chi connectivity index (χ0n) is 15.1. The summed E-state index contributed by atoms with van der Waals surface area (Å²) in [6.07, 6.45) is 1.61. The number of ether oxygens (including phenoxy) is 1. The summed E-state index contributed by atoms with van der Waals surface area (Å²) in [7, 11) is -2.95. The molecular formula is C18H25NO5S2. The van der Waals surface area contributed by atoms with Gasteiger partial charge in [-0.2, -0.15) is 0 Å². The number of hydrogen-bond acceptors (Lipinski definition) is 6. The topological polar surface area (TPSA) is 89.5 Å². The normalized spacial score (nSPS) is 19.7. The molecule has 1 amide bonds. The largest absolute Gasteiger partial charge is 0.455 e. The number of anilines is 1. The number of sulfone groups is 1.